The molecular formula is C23H26F3N3O2. The van der Waals surface area contributed by atoms with Crippen molar-refractivity contribution in [1.29, 1.82) is 0 Å². The molecule has 1 saturated heterocycles. The van der Waals surface area contributed by atoms with Crippen molar-refractivity contribution >= 4 is 23.2 Å². The highest BCUT2D eigenvalue weighted by Crippen LogP contribution is 2.31. The molecule has 0 radical (unpaired) electrons. The Morgan fingerprint density at radius 3 is 2.23 bits per heavy atom. The number of likely N-dealkylation sites (tertiary alicyclic amines) is 1. The average Bonchev–Trinajstić information content (AvgIpc) is 2.67. The predicted molar refractivity (Wildman–Crippen MR) is 114 cm³/mol. The molecule has 1 heterocycles. The average molecular weight is 433 g/mol. The van der Waals surface area contributed by atoms with Gasteiger partial charge in [-0.25, -0.2) is 0 Å². The highest BCUT2D eigenvalue weighted by atomic mass is 19.4. The summed E-state index contributed by atoms with van der Waals surface area (Å²) in [4.78, 5) is 26.8. The Morgan fingerprint density at radius 1 is 0.968 bits per heavy atom. The highest BCUT2D eigenvalue weighted by molar-refractivity contribution is 5.93. The zero-order chi connectivity index (χ0) is 22.6. The molecule has 1 fully saturated rings. The van der Waals surface area contributed by atoms with E-state index in [0.717, 1.165) is 28.9 Å². The van der Waals surface area contributed by atoms with Crippen LogP contribution in [0.2, 0.25) is 0 Å². The Kier molecular flexibility index (Phi) is 7.00. The van der Waals surface area contributed by atoms with Gasteiger partial charge in [-0.05, 0) is 81.2 Å². The number of amides is 2. The molecule has 0 aliphatic carbocycles. The van der Waals surface area contributed by atoms with E-state index < -0.39 is 11.7 Å². The lowest BCUT2D eigenvalue weighted by atomic mass is 9.95. The third-order valence-corrected chi connectivity index (χ3v) is 5.29. The van der Waals surface area contributed by atoms with E-state index in [2.05, 4.69) is 10.6 Å². The van der Waals surface area contributed by atoms with E-state index >= 15 is 0 Å². The van der Waals surface area contributed by atoms with Gasteiger partial charge in [-0.2, -0.15) is 13.2 Å². The second-order valence-corrected chi connectivity index (χ2v) is 8.04. The Labute approximate surface area is 179 Å². The molecule has 0 unspecified atom stereocenters. The largest absolute Gasteiger partial charge is 0.416 e. The third-order valence-electron chi connectivity index (χ3n) is 5.29. The van der Waals surface area contributed by atoms with E-state index in [4.69, 9.17) is 0 Å². The van der Waals surface area contributed by atoms with Gasteiger partial charge >= 0.3 is 6.18 Å². The van der Waals surface area contributed by atoms with Crippen molar-refractivity contribution in [3.8, 4) is 0 Å². The van der Waals surface area contributed by atoms with E-state index in [1.165, 1.54) is 12.1 Å². The first-order valence-corrected chi connectivity index (χ1v) is 10.2. The summed E-state index contributed by atoms with van der Waals surface area (Å²) in [5, 5.41) is 5.49. The molecule has 2 aromatic rings. The first-order chi connectivity index (χ1) is 14.6. The minimum absolute atomic E-state index is 0.114. The maximum atomic E-state index is 12.8. The van der Waals surface area contributed by atoms with E-state index in [1.807, 2.05) is 36.9 Å². The minimum Gasteiger partial charge on any atom is -0.326 e. The SMILES string of the molecule is Cc1cc(C)cc(NC(=O)CN2CCC(C(=O)Nc3cccc(C(F)(F)F)c3)CC2)c1. The van der Waals surface area contributed by atoms with Gasteiger partial charge in [0.2, 0.25) is 11.8 Å². The second kappa shape index (κ2) is 9.51. The number of rotatable bonds is 5. The molecule has 0 bridgehead atoms. The normalized spacial score (nSPS) is 15.5. The number of carbonyl (C=O) groups is 2. The molecular weight excluding hydrogens is 407 g/mol. The van der Waals surface area contributed by atoms with Gasteiger partial charge < -0.3 is 10.6 Å². The number of halogens is 3. The van der Waals surface area contributed by atoms with Crippen LogP contribution in [0, 0.1) is 19.8 Å². The number of hydrogen-bond acceptors (Lipinski definition) is 3. The number of nitrogens with one attached hydrogen (secondary N) is 2. The smallest absolute Gasteiger partial charge is 0.326 e. The molecule has 3 rings (SSSR count). The molecule has 2 N–H and O–H groups in total. The summed E-state index contributed by atoms with van der Waals surface area (Å²) in [5.74, 6) is -0.705. The molecule has 0 spiro atoms. The van der Waals surface area contributed by atoms with Crippen molar-refractivity contribution in [2.45, 2.75) is 32.9 Å². The van der Waals surface area contributed by atoms with Crippen molar-refractivity contribution in [1.82, 2.24) is 4.90 Å². The molecule has 5 nitrogen and oxygen atoms in total. The standard InChI is InChI=1S/C23H26F3N3O2/c1-15-10-16(2)12-20(11-15)27-21(30)14-29-8-6-17(7-9-29)22(31)28-19-5-3-4-18(13-19)23(24,25)26/h3-5,10-13,17H,6-9,14H2,1-2H3,(H,27,30)(H,28,31). The summed E-state index contributed by atoms with van der Waals surface area (Å²) in [6.45, 7) is 5.31. The fourth-order valence-corrected chi connectivity index (χ4v) is 3.82. The lowest BCUT2D eigenvalue weighted by Gasteiger charge is -2.30. The van der Waals surface area contributed by atoms with Gasteiger partial charge in [0.25, 0.3) is 0 Å². The number of anilines is 2. The topological polar surface area (TPSA) is 61.4 Å². The number of alkyl halides is 3. The van der Waals surface area contributed by atoms with E-state index in [-0.39, 0.29) is 30.0 Å². The Morgan fingerprint density at radius 2 is 1.61 bits per heavy atom. The summed E-state index contributed by atoms with van der Waals surface area (Å²) >= 11 is 0. The molecule has 0 atom stereocenters. The quantitative estimate of drug-likeness (QED) is 0.724. The van der Waals surface area contributed by atoms with Crippen LogP contribution in [0.25, 0.3) is 0 Å². The minimum atomic E-state index is -4.45. The molecule has 0 saturated carbocycles. The van der Waals surface area contributed by atoms with Gasteiger partial charge in [0, 0.05) is 17.3 Å². The summed E-state index contributed by atoms with van der Waals surface area (Å²) < 4.78 is 38.5. The lowest BCUT2D eigenvalue weighted by Crippen LogP contribution is -2.41. The van der Waals surface area contributed by atoms with Gasteiger partial charge in [0.05, 0.1) is 12.1 Å². The monoisotopic (exact) mass is 433 g/mol. The van der Waals surface area contributed by atoms with Crippen LogP contribution in [0.5, 0.6) is 0 Å². The fraction of sp³-hybridized carbons (Fsp3) is 0.391. The molecule has 1 aliphatic rings. The molecule has 2 amide bonds. The number of hydrogen-bond donors (Lipinski definition) is 2. The van der Waals surface area contributed by atoms with Crippen LogP contribution in [0.1, 0.15) is 29.5 Å². The van der Waals surface area contributed by atoms with Crippen molar-refractivity contribution in [3.63, 3.8) is 0 Å². The van der Waals surface area contributed by atoms with Crippen molar-refractivity contribution in [2.24, 2.45) is 5.92 Å². The predicted octanol–water partition coefficient (Wildman–Crippen LogP) is 4.61. The molecule has 0 aromatic heterocycles. The van der Waals surface area contributed by atoms with Gasteiger partial charge in [0.15, 0.2) is 0 Å². The Bertz CT molecular complexity index is 931. The number of carbonyl (C=O) groups excluding carboxylic acids is 2. The van der Waals surface area contributed by atoms with Crippen LogP contribution in [0.4, 0.5) is 24.5 Å². The molecule has 166 valence electrons. The third kappa shape index (κ3) is 6.55. The number of nitrogens with zero attached hydrogens (tertiary/aromatic N) is 1. The first kappa shape index (κ1) is 22.8. The number of benzene rings is 2. The van der Waals surface area contributed by atoms with E-state index in [0.29, 0.717) is 25.9 Å². The summed E-state index contributed by atoms with van der Waals surface area (Å²) in [6, 6.07) is 10.5. The molecule has 2 aromatic carbocycles. The van der Waals surface area contributed by atoms with Crippen LogP contribution < -0.4 is 10.6 Å². The highest BCUT2D eigenvalue weighted by Gasteiger charge is 2.31. The first-order valence-electron chi connectivity index (χ1n) is 10.2. The van der Waals surface area contributed by atoms with Gasteiger partial charge in [-0.15, -0.1) is 0 Å². The maximum absolute atomic E-state index is 12.8. The van der Waals surface area contributed by atoms with Gasteiger partial charge in [-0.3, -0.25) is 14.5 Å². The van der Waals surface area contributed by atoms with Crippen molar-refractivity contribution < 1.29 is 22.8 Å². The van der Waals surface area contributed by atoms with Crippen LogP contribution in [0.15, 0.2) is 42.5 Å². The molecule has 1 aliphatic heterocycles. The van der Waals surface area contributed by atoms with E-state index in [1.54, 1.807) is 0 Å². The second-order valence-electron chi connectivity index (χ2n) is 8.04. The molecule has 31 heavy (non-hydrogen) atoms. The van der Waals surface area contributed by atoms with Crippen LogP contribution in [0.3, 0.4) is 0 Å². The summed E-state index contributed by atoms with van der Waals surface area (Å²) in [5.41, 5.74) is 2.24. The van der Waals surface area contributed by atoms with Crippen LogP contribution in [-0.2, 0) is 15.8 Å². The lowest BCUT2D eigenvalue weighted by molar-refractivity contribution is -0.137. The zero-order valence-corrected chi connectivity index (χ0v) is 17.6. The fourth-order valence-electron chi connectivity index (χ4n) is 3.82. The number of piperidine rings is 1. The van der Waals surface area contributed by atoms with Crippen LogP contribution >= 0.6 is 0 Å². The summed E-state index contributed by atoms with van der Waals surface area (Å²) in [7, 11) is 0. The number of aryl methyl sites for hydroxylation is 2. The summed E-state index contributed by atoms with van der Waals surface area (Å²) in [6.07, 6.45) is -3.37. The maximum Gasteiger partial charge on any atom is 0.416 e. The Balaban J connectivity index is 1.48. The molecule has 8 heteroatoms. The van der Waals surface area contributed by atoms with Crippen LogP contribution in [-0.4, -0.2) is 36.3 Å². The zero-order valence-electron chi connectivity index (χ0n) is 17.6. The van der Waals surface area contributed by atoms with Gasteiger partial charge in [0.1, 0.15) is 0 Å². The van der Waals surface area contributed by atoms with Crippen molar-refractivity contribution in [3.05, 3.63) is 59.2 Å². The van der Waals surface area contributed by atoms with E-state index in [9.17, 15) is 22.8 Å². The van der Waals surface area contributed by atoms with Gasteiger partial charge in [-0.1, -0.05) is 12.1 Å². The van der Waals surface area contributed by atoms with Crippen molar-refractivity contribution in [2.75, 3.05) is 30.3 Å². The Hall–Kier alpha value is -2.87.